The van der Waals surface area contributed by atoms with Crippen LogP contribution in [0.3, 0.4) is 0 Å². The highest BCUT2D eigenvalue weighted by Gasteiger charge is 2.30. The van der Waals surface area contributed by atoms with Crippen molar-refractivity contribution in [1.29, 1.82) is 0 Å². The van der Waals surface area contributed by atoms with Gasteiger partial charge in [-0.3, -0.25) is 9.59 Å². The fourth-order valence-electron chi connectivity index (χ4n) is 4.33. The molecule has 1 heterocycles. The number of piperidine rings is 1. The lowest BCUT2D eigenvalue weighted by Gasteiger charge is -2.32. The third-order valence-corrected chi connectivity index (χ3v) is 5.96. The Morgan fingerprint density at radius 2 is 1.93 bits per heavy atom. The summed E-state index contributed by atoms with van der Waals surface area (Å²) in [6.07, 6.45) is 9.95. The SMILES string of the molecule is O=C(NCCC1CCCCCC1)[C@@H]1CCC(=O)N(Cc2cccc(F)c2)C1. The summed E-state index contributed by atoms with van der Waals surface area (Å²) in [7, 11) is 0. The number of hydrogen-bond donors (Lipinski definition) is 1. The molecule has 1 aliphatic carbocycles. The zero-order valence-corrected chi connectivity index (χ0v) is 16.1. The molecule has 1 aromatic carbocycles. The number of carbonyl (C=O) groups excluding carboxylic acids is 2. The van der Waals surface area contributed by atoms with Crippen molar-refractivity contribution in [2.75, 3.05) is 13.1 Å². The molecule has 1 saturated heterocycles. The molecule has 0 bridgehead atoms. The van der Waals surface area contributed by atoms with Gasteiger partial charge in [-0.2, -0.15) is 0 Å². The first kappa shape index (κ1) is 19.8. The number of halogens is 1. The molecule has 0 aromatic heterocycles. The summed E-state index contributed by atoms with van der Waals surface area (Å²) in [6.45, 7) is 1.52. The summed E-state index contributed by atoms with van der Waals surface area (Å²) in [5.74, 6) is 0.377. The Labute approximate surface area is 161 Å². The maximum Gasteiger partial charge on any atom is 0.224 e. The smallest absolute Gasteiger partial charge is 0.224 e. The average molecular weight is 375 g/mol. The second kappa shape index (κ2) is 9.86. The van der Waals surface area contributed by atoms with Gasteiger partial charge >= 0.3 is 0 Å². The van der Waals surface area contributed by atoms with Crippen LogP contribution in [0, 0.1) is 17.7 Å². The number of rotatable bonds is 6. The minimum absolute atomic E-state index is 0.0433. The fraction of sp³-hybridized carbons (Fsp3) is 0.636. The molecule has 1 N–H and O–H groups in total. The highest BCUT2D eigenvalue weighted by Crippen LogP contribution is 2.25. The Balaban J connectivity index is 1.46. The summed E-state index contributed by atoms with van der Waals surface area (Å²) in [5.41, 5.74) is 0.762. The van der Waals surface area contributed by atoms with Crippen LogP contribution in [0.15, 0.2) is 24.3 Å². The number of carbonyl (C=O) groups is 2. The van der Waals surface area contributed by atoms with Crippen molar-refractivity contribution in [3.63, 3.8) is 0 Å². The summed E-state index contributed by atoms with van der Waals surface area (Å²) in [5, 5.41) is 3.09. The van der Waals surface area contributed by atoms with Gasteiger partial charge in [0.1, 0.15) is 5.82 Å². The topological polar surface area (TPSA) is 49.4 Å². The minimum Gasteiger partial charge on any atom is -0.356 e. The summed E-state index contributed by atoms with van der Waals surface area (Å²) < 4.78 is 13.4. The monoisotopic (exact) mass is 374 g/mol. The second-order valence-corrected chi connectivity index (χ2v) is 8.08. The first-order valence-electron chi connectivity index (χ1n) is 10.4. The molecule has 5 heteroatoms. The summed E-state index contributed by atoms with van der Waals surface area (Å²) in [4.78, 5) is 26.5. The molecule has 0 spiro atoms. The van der Waals surface area contributed by atoms with Gasteiger partial charge in [0.05, 0.1) is 5.92 Å². The van der Waals surface area contributed by atoms with Crippen LogP contribution in [0.2, 0.25) is 0 Å². The Hall–Kier alpha value is -1.91. The van der Waals surface area contributed by atoms with Gasteiger partial charge in [-0.05, 0) is 36.5 Å². The van der Waals surface area contributed by atoms with Crippen LogP contribution in [0.1, 0.15) is 63.4 Å². The third kappa shape index (κ3) is 6.05. The molecule has 1 aromatic rings. The van der Waals surface area contributed by atoms with Gasteiger partial charge in [0.15, 0.2) is 0 Å². The van der Waals surface area contributed by atoms with Crippen molar-refractivity contribution in [2.45, 2.75) is 64.3 Å². The number of amides is 2. The van der Waals surface area contributed by atoms with E-state index in [0.717, 1.165) is 24.4 Å². The van der Waals surface area contributed by atoms with Crippen molar-refractivity contribution < 1.29 is 14.0 Å². The zero-order chi connectivity index (χ0) is 19.1. The molecule has 1 atom stereocenters. The van der Waals surface area contributed by atoms with Gasteiger partial charge < -0.3 is 10.2 Å². The van der Waals surface area contributed by atoms with Crippen molar-refractivity contribution in [3.05, 3.63) is 35.6 Å². The molecule has 2 amide bonds. The zero-order valence-electron chi connectivity index (χ0n) is 16.1. The standard InChI is InChI=1S/C22H31FN2O2/c23-20-9-5-8-18(14-20)15-25-16-19(10-11-21(25)26)22(27)24-13-12-17-6-3-1-2-4-7-17/h5,8-9,14,17,19H,1-4,6-7,10-13,15-16H2,(H,24,27)/t19-/m1/s1. The Kier molecular flexibility index (Phi) is 7.25. The number of hydrogen-bond acceptors (Lipinski definition) is 2. The van der Waals surface area contributed by atoms with Gasteiger partial charge in [-0.15, -0.1) is 0 Å². The molecule has 1 saturated carbocycles. The lowest BCUT2D eigenvalue weighted by Crippen LogP contribution is -2.45. The molecule has 0 unspecified atom stereocenters. The Morgan fingerprint density at radius 1 is 1.15 bits per heavy atom. The number of benzene rings is 1. The molecular formula is C22H31FN2O2. The lowest BCUT2D eigenvalue weighted by molar-refractivity contribution is -0.138. The highest BCUT2D eigenvalue weighted by molar-refractivity contribution is 5.83. The lowest BCUT2D eigenvalue weighted by atomic mass is 9.95. The van der Waals surface area contributed by atoms with E-state index in [1.807, 2.05) is 6.07 Å². The van der Waals surface area contributed by atoms with E-state index >= 15 is 0 Å². The maximum atomic E-state index is 13.4. The molecule has 0 radical (unpaired) electrons. The van der Waals surface area contributed by atoms with E-state index in [0.29, 0.717) is 25.9 Å². The van der Waals surface area contributed by atoms with Crippen molar-refractivity contribution in [1.82, 2.24) is 10.2 Å². The van der Waals surface area contributed by atoms with Gasteiger partial charge in [0.25, 0.3) is 0 Å². The van der Waals surface area contributed by atoms with Crippen molar-refractivity contribution >= 4 is 11.8 Å². The first-order valence-corrected chi connectivity index (χ1v) is 10.4. The van der Waals surface area contributed by atoms with E-state index in [2.05, 4.69) is 5.32 Å². The van der Waals surface area contributed by atoms with Crippen LogP contribution >= 0.6 is 0 Å². The molecular weight excluding hydrogens is 343 g/mol. The molecule has 2 fully saturated rings. The van der Waals surface area contributed by atoms with Crippen LogP contribution in [-0.4, -0.2) is 29.8 Å². The average Bonchev–Trinajstić information content (AvgIpc) is 2.92. The minimum atomic E-state index is -0.301. The number of nitrogens with zero attached hydrogens (tertiary/aromatic N) is 1. The Morgan fingerprint density at radius 3 is 2.67 bits per heavy atom. The van der Waals surface area contributed by atoms with E-state index in [1.54, 1.807) is 11.0 Å². The van der Waals surface area contributed by atoms with Crippen LogP contribution < -0.4 is 5.32 Å². The normalized spacial score (nSPS) is 21.7. The number of nitrogens with one attached hydrogen (secondary N) is 1. The van der Waals surface area contributed by atoms with Gasteiger partial charge in [-0.1, -0.05) is 50.7 Å². The first-order chi connectivity index (χ1) is 13.1. The number of likely N-dealkylation sites (tertiary alicyclic amines) is 1. The van der Waals surface area contributed by atoms with Gasteiger partial charge in [0.2, 0.25) is 11.8 Å². The summed E-state index contributed by atoms with van der Waals surface area (Å²) in [6, 6.07) is 6.30. The van der Waals surface area contributed by atoms with Crippen LogP contribution in [0.25, 0.3) is 0 Å². The molecule has 27 heavy (non-hydrogen) atoms. The van der Waals surface area contributed by atoms with E-state index in [1.165, 1.54) is 50.7 Å². The fourth-order valence-corrected chi connectivity index (χ4v) is 4.33. The summed E-state index contributed by atoms with van der Waals surface area (Å²) >= 11 is 0. The molecule has 4 nitrogen and oxygen atoms in total. The van der Waals surface area contributed by atoms with Crippen LogP contribution in [0.4, 0.5) is 4.39 Å². The van der Waals surface area contributed by atoms with Crippen molar-refractivity contribution in [2.24, 2.45) is 11.8 Å². The van der Waals surface area contributed by atoms with Crippen LogP contribution in [0.5, 0.6) is 0 Å². The van der Waals surface area contributed by atoms with Crippen LogP contribution in [-0.2, 0) is 16.1 Å². The van der Waals surface area contributed by atoms with E-state index < -0.39 is 0 Å². The van der Waals surface area contributed by atoms with Gasteiger partial charge in [0, 0.05) is 26.1 Å². The molecule has 3 rings (SSSR count). The highest BCUT2D eigenvalue weighted by atomic mass is 19.1. The quantitative estimate of drug-likeness (QED) is 0.764. The van der Waals surface area contributed by atoms with E-state index in [-0.39, 0.29) is 23.5 Å². The van der Waals surface area contributed by atoms with Gasteiger partial charge in [-0.25, -0.2) is 4.39 Å². The van der Waals surface area contributed by atoms with E-state index in [9.17, 15) is 14.0 Å². The van der Waals surface area contributed by atoms with Crippen molar-refractivity contribution in [3.8, 4) is 0 Å². The Bertz CT molecular complexity index is 641. The maximum absolute atomic E-state index is 13.4. The molecule has 1 aliphatic heterocycles. The predicted octanol–water partition coefficient (Wildman–Crippen LogP) is 4.04. The second-order valence-electron chi connectivity index (χ2n) is 8.08. The third-order valence-electron chi connectivity index (χ3n) is 5.96. The predicted molar refractivity (Wildman–Crippen MR) is 103 cm³/mol. The largest absolute Gasteiger partial charge is 0.356 e. The molecule has 148 valence electrons. The van der Waals surface area contributed by atoms with E-state index in [4.69, 9.17) is 0 Å². The molecule has 2 aliphatic rings.